The van der Waals surface area contributed by atoms with E-state index >= 15 is 0 Å². The number of benzene rings is 5. The first kappa shape index (κ1) is 26.8. The molecule has 0 spiro atoms. The van der Waals surface area contributed by atoms with Crippen molar-refractivity contribution in [3.8, 4) is 0 Å². The zero-order valence-electron chi connectivity index (χ0n) is 21.9. The van der Waals surface area contributed by atoms with Crippen LogP contribution in [0.15, 0.2) is 152 Å². The number of rotatable bonds is 10. The number of hydrogen-bond acceptors (Lipinski definition) is 1. The average molecular weight is 545 g/mol. The molecule has 4 heteroatoms. The molecule has 194 valence electrons. The van der Waals surface area contributed by atoms with Gasteiger partial charge in [0, 0.05) is 6.04 Å². The third-order valence-electron chi connectivity index (χ3n) is 6.74. The van der Waals surface area contributed by atoms with E-state index in [1.54, 1.807) is 0 Å². The van der Waals surface area contributed by atoms with Crippen molar-refractivity contribution in [2.45, 2.75) is 18.5 Å². The first-order valence-corrected chi connectivity index (χ1v) is 15.3. The molecule has 0 saturated heterocycles. The summed E-state index contributed by atoms with van der Waals surface area (Å²) in [6.07, 6.45) is 1.86. The molecule has 0 fully saturated rings. The summed E-state index contributed by atoms with van der Waals surface area (Å²) in [4.78, 5) is 0. The third kappa shape index (κ3) is 7.63. The van der Waals surface area contributed by atoms with Crippen molar-refractivity contribution >= 4 is 35.9 Å². The Morgan fingerprint density at radius 2 is 0.949 bits per heavy atom. The fourth-order valence-corrected chi connectivity index (χ4v) is 7.59. The lowest BCUT2D eigenvalue weighted by Gasteiger charge is -2.29. The van der Waals surface area contributed by atoms with Gasteiger partial charge in [0.15, 0.2) is 5.11 Å². The highest BCUT2D eigenvalue weighted by atomic mass is 32.1. The number of thiocarbonyl (C=S) groups is 1. The molecule has 0 amide bonds. The van der Waals surface area contributed by atoms with Crippen LogP contribution in [0.2, 0.25) is 0 Å². The van der Waals surface area contributed by atoms with Gasteiger partial charge in [-0.25, -0.2) is 0 Å². The van der Waals surface area contributed by atoms with Gasteiger partial charge in [0.1, 0.15) is 0 Å². The molecule has 0 aliphatic rings. The molecule has 0 heterocycles. The molecule has 1 atom stereocenters. The Kier molecular flexibility index (Phi) is 9.52. The van der Waals surface area contributed by atoms with Crippen LogP contribution in [-0.4, -0.2) is 17.3 Å². The molecule has 0 radical (unpaired) electrons. The zero-order valence-corrected chi connectivity index (χ0v) is 23.6. The molecule has 5 aromatic rings. The zero-order chi connectivity index (χ0) is 26.7. The summed E-state index contributed by atoms with van der Waals surface area (Å²) in [5, 5.41) is 10.8. The summed E-state index contributed by atoms with van der Waals surface area (Å²) in [6, 6.07) is 53.6. The number of hydrogen-bond donors (Lipinski definition) is 2. The topological polar surface area (TPSA) is 24.1 Å². The summed E-state index contributed by atoms with van der Waals surface area (Å²) < 4.78 is 0. The second-order valence-corrected chi connectivity index (χ2v) is 12.2. The van der Waals surface area contributed by atoms with Crippen LogP contribution < -0.4 is 21.2 Å². The van der Waals surface area contributed by atoms with Crippen LogP contribution in [-0.2, 0) is 6.42 Å². The van der Waals surface area contributed by atoms with Crippen molar-refractivity contribution in [1.29, 1.82) is 0 Å². The highest BCUT2D eigenvalue weighted by molar-refractivity contribution is 7.80. The van der Waals surface area contributed by atoms with Crippen LogP contribution in [0, 0.1) is 0 Å². The van der Waals surface area contributed by atoms with Crippen molar-refractivity contribution < 1.29 is 0 Å². The lowest BCUT2D eigenvalue weighted by Crippen LogP contribution is -2.46. The van der Waals surface area contributed by atoms with E-state index in [-0.39, 0.29) is 12.1 Å². The number of nitrogens with one attached hydrogen (secondary N) is 2. The van der Waals surface area contributed by atoms with Crippen LogP contribution >= 0.6 is 20.1 Å². The maximum absolute atomic E-state index is 5.99. The minimum absolute atomic E-state index is 0.0328. The standard InChI is InChI=1S/C35H33N2PS/c39-35(37-34(29-18-8-2-9-19-29)30-20-10-3-11-21-30)36-31(26-28-16-6-1-7-17-28)27-38(32-22-12-4-13-23-32)33-24-14-5-15-25-33/h1-25,31,34H,26-27H2,(H2,36,37,39)/t31-/m0/s1. The summed E-state index contributed by atoms with van der Waals surface area (Å²) in [7, 11) is -0.575. The van der Waals surface area contributed by atoms with Crippen molar-refractivity contribution in [3.63, 3.8) is 0 Å². The molecule has 0 saturated carbocycles. The first-order valence-electron chi connectivity index (χ1n) is 13.3. The quantitative estimate of drug-likeness (QED) is 0.146. The van der Waals surface area contributed by atoms with Gasteiger partial charge in [-0.2, -0.15) is 0 Å². The van der Waals surface area contributed by atoms with Crippen molar-refractivity contribution in [3.05, 3.63) is 168 Å². The molecule has 39 heavy (non-hydrogen) atoms. The van der Waals surface area contributed by atoms with E-state index in [0.29, 0.717) is 5.11 Å². The van der Waals surface area contributed by atoms with Gasteiger partial charge in [0.25, 0.3) is 0 Å². The predicted molar refractivity (Wildman–Crippen MR) is 171 cm³/mol. The summed E-state index contributed by atoms with van der Waals surface area (Å²) in [5.41, 5.74) is 3.67. The average Bonchev–Trinajstić information content (AvgIpc) is 3.01. The Morgan fingerprint density at radius 1 is 0.538 bits per heavy atom. The summed E-state index contributed by atoms with van der Waals surface area (Å²) >= 11 is 5.99. The van der Waals surface area contributed by atoms with E-state index in [2.05, 4.69) is 150 Å². The van der Waals surface area contributed by atoms with Gasteiger partial charge >= 0.3 is 0 Å². The smallest absolute Gasteiger partial charge is 0.167 e. The molecular formula is C35H33N2PS. The fraction of sp³-hybridized carbons (Fsp3) is 0.114. The van der Waals surface area contributed by atoms with Crippen molar-refractivity contribution in [2.24, 2.45) is 0 Å². The van der Waals surface area contributed by atoms with Crippen LogP contribution in [0.4, 0.5) is 0 Å². The lowest BCUT2D eigenvalue weighted by molar-refractivity contribution is 0.642. The van der Waals surface area contributed by atoms with Crippen molar-refractivity contribution in [2.75, 3.05) is 6.16 Å². The Balaban J connectivity index is 1.41. The Bertz CT molecular complexity index is 1340. The van der Waals surface area contributed by atoms with Gasteiger partial charge in [-0.15, -0.1) is 0 Å². The van der Waals surface area contributed by atoms with Gasteiger partial charge < -0.3 is 10.6 Å². The molecule has 0 aliphatic heterocycles. The van der Waals surface area contributed by atoms with Crippen LogP contribution in [0.3, 0.4) is 0 Å². The highest BCUT2D eigenvalue weighted by Gasteiger charge is 2.22. The van der Waals surface area contributed by atoms with Crippen molar-refractivity contribution in [1.82, 2.24) is 10.6 Å². The maximum atomic E-state index is 5.99. The monoisotopic (exact) mass is 544 g/mol. The van der Waals surface area contributed by atoms with E-state index < -0.39 is 7.92 Å². The lowest BCUT2D eigenvalue weighted by atomic mass is 9.99. The highest BCUT2D eigenvalue weighted by Crippen LogP contribution is 2.35. The van der Waals surface area contributed by atoms with Gasteiger partial charge in [-0.1, -0.05) is 152 Å². The first-order chi connectivity index (χ1) is 19.3. The van der Waals surface area contributed by atoms with Crippen LogP contribution in [0.5, 0.6) is 0 Å². The molecule has 5 rings (SSSR count). The predicted octanol–water partition coefficient (Wildman–Crippen LogP) is 6.98. The fourth-order valence-electron chi connectivity index (χ4n) is 4.86. The maximum Gasteiger partial charge on any atom is 0.167 e. The van der Waals surface area contributed by atoms with E-state index in [4.69, 9.17) is 12.2 Å². The molecule has 0 unspecified atom stereocenters. The van der Waals surface area contributed by atoms with E-state index in [0.717, 1.165) is 12.6 Å². The third-order valence-corrected chi connectivity index (χ3v) is 9.62. The van der Waals surface area contributed by atoms with Gasteiger partial charge in [-0.3, -0.25) is 0 Å². The van der Waals surface area contributed by atoms with Crippen LogP contribution in [0.25, 0.3) is 0 Å². The largest absolute Gasteiger partial charge is 0.359 e. The molecule has 0 aliphatic carbocycles. The molecular weight excluding hydrogens is 511 g/mol. The minimum atomic E-state index is -0.575. The van der Waals surface area contributed by atoms with Gasteiger partial charge in [-0.05, 0) is 60.0 Å². The Hall–Kier alpha value is -3.78. The summed E-state index contributed by atoms with van der Waals surface area (Å²) in [5.74, 6) is 0. The second kappa shape index (κ2) is 13.8. The Labute approximate surface area is 238 Å². The molecule has 5 aromatic carbocycles. The normalized spacial score (nSPS) is 11.7. The SMILES string of the molecule is S=C(NC(c1ccccc1)c1ccccc1)N[C@@H](Cc1ccccc1)CP(c1ccccc1)c1ccccc1. The summed E-state index contributed by atoms with van der Waals surface area (Å²) in [6.45, 7) is 0. The Morgan fingerprint density at radius 3 is 1.41 bits per heavy atom. The van der Waals surface area contributed by atoms with E-state index in [1.165, 1.54) is 27.3 Å². The van der Waals surface area contributed by atoms with Gasteiger partial charge in [0.2, 0.25) is 0 Å². The molecule has 2 nitrogen and oxygen atoms in total. The second-order valence-electron chi connectivity index (χ2n) is 9.54. The molecule has 0 bridgehead atoms. The molecule has 0 aromatic heterocycles. The van der Waals surface area contributed by atoms with E-state index in [9.17, 15) is 0 Å². The van der Waals surface area contributed by atoms with Gasteiger partial charge in [0.05, 0.1) is 6.04 Å². The molecule has 2 N–H and O–H groups in total. The van der Waals surface area contributed by atoms with Crippen LogP contribution in [0.1, 0.15) is 22.7 Å². The minimum Gasteiger partial charge on any atom is -0.359 e. The van der Waals surface area contributed by atoms with E-state index in [1.807, 2.05) is 12.1 Å².